The van der Waals surface area contributed by atoms with Crippen molar-refractivity contribution in [2.75, 3.05) is 18.5 Å². The van der Waals surface area contributed by atoms with Crippen molar-refractivity contribution in [1.29, 1.82) is 0 Å². The van der Waals surface area contributed by atoms with E-state index in [1.165, 1.54) is 19.1 Å². The highest BCUT2D eigenvalue weighted by Gasteiger charge is 2.16. The van der Waals surface area contributed by atoms with Gasteiger partial charge in [-0.15, -0.1) is 0 Å². The van der Waals surface area contributed by atoms with E-state index in [-0.39, 0.29) is 23.4 Å². The molecule has 7 heteroatoms. The second-order valence-corrected chi connectivity index (χ2v) is 4.01. The van der Waals surface area contributed by atoms with Gasteiger partial charge in [-0.2, -0.15) is 0 Å². The molecule has 0 aliphatic carbocycles. The van der Waals surface area contributed by atoms with E-state index in [4.69, 9.17) is 10.8 Å². The van der Waals surface area contributed by atoms with E-state index in [9.17, 15) is 18.4 Å². The molecular weight excluding hydrogens is 258 g/mol. The van der Waals surface area contributed by atoms with Crippen LogP contribution in [0.15, 0.2) is 12.1 Å². The van der Waals surface area contributed by atoms with Crippen LogP contribution in [-0.4, -0.2) is 36.4 Å². The molecule has 0 spiro atoms. The largest absolute Gasteiger partial charge is 0.478 e. The van der Waals surface area contributed by atoms with Crippen LogP contribution in [0.3, 0.4) is 0 Å². The lowest BCUT2D eigenvalue weighted by atomic mass is 10.0. The molecule has 0 aliphatic heterocycles. The molecule has 0 aliphatic rings. The molecule has 1 rings (SSSR count). The molecule has 1 atom stereocenters. The Labute approximate surface area is 108 Å². The number of nitrogens with one attached hydrogen (secondary N) is 1. The number of carbonyl (C=O) groups is 2. The maximum absolute atomic E-state index is 12.8. The van der Waals surface area contributed by atoms with Gasteiger partial charge >= 0.3 is 5.97 Å². The van der Waals surface area contributed by atoms with E-state index in [1.807, 2.05) is 0 Å². The van der Waals surface area contributed by atoms with Crippen molar-refractivity contribution in [2.24, 2.45) is 5.73 Å². The van der Waals surface area contributed by atoms with Crippen molar-refractivity contribution in [3.8, 4) is 0 Å². The lowest BCUT2D eigenvalue weighted by molar-refractivity contribution is 0.0695. The molecule has 0 saturated heterocycles. The van der Waals surface area contributed by atoms with Crippen molar-refractivity contribution in [3.05, 3.63) is 28.8 Å². The van der Waals surface area contributed by atoms with Crippen LogP contribution in [0, 0.1) is 6.92 Å². The molecular formula is C12H14F2N2O3. The molecule has 4 N–H and O–H groups in total. The van der Waals surface area contributed by atoms with Crippen molar-refractivity contribution in [2.45, 2.75) is 13.1 Å². The number of nitrogens with two attached hydrogens (primary N) is 1. The minimum absolute atomic E-state index is 0.0357. The number of alkyl halides is 2. The second kappa shape index (κ2) is 6.12. The zero-order chi connectivity index (χ0) is 14.6. The van der Waals surface area contributed by atoms with Gasteiger partial charge in [0.25, 0.3) is 5.91 Å². The van der Waals surface area contributed by atoms with Gasteiger partial charge in [-0.05, 0) is 24.6 Å². The van der Waals surface area contributed by atoms with Gasteiger partial charge in [0, 0.05) is 12.2 Å². The summed E-state index contributed by atoms with van der Waals surface area (Å²) in [7, 11) is 0. The third kappa shape index (κ3) is 3.64. The van der Waals surface area contributed by atoms with Crippen molar-refractivity contribution < 1.29 is 23.5 Å². The quantitative estimate of drug-likeness (QED) is 0.732. The van der Waals surface area contributed by atoms with Gasteiger partial charge in [-0.25, -0.2) is 13.6 Å². The standard InChI is InChI=1S/C12H14F2N2O3/c1-6-2-9(11(15)17)10(3-8(6)12(18)19)16-5-7(14)4-13/h2-3,7,16H,4-5H2,1H3,(H2,15,17)(H,18,19). The Morgan fingerprint density at radius 3 is 2.53 bits per heavy atom. The van der Waals surface area contributed by atoms with Crippen LogP contribution in [0.2, 0.25) is 0 Å². The Morgan fingerprint density at radius 1 is 1.42 bits per heavy atom. The Morgan fingerprint density at radius 2 is 2.05 bits per heavy atom. The van der Waals surface area contributed by atoms with E-state index >= 15 is 0 Å². The first-order valence-electron chi connectivity index (χ1n) is 5.48. The number of aryl methyl sites for hydroxylation is 1. The molecule has 5 nitrogen and oxygen atoms in total. The zero-order valence-corrected chi connectivity index (χ0v) is 10.2. The van der Waals surface area contributed by atoms with Crippen LogP contribution in [0.1, 0.15) is 26.3 Å². The average molecular weight is 272 g/mol. The smallest absolute Gasteiger partial charge is 0.336 e. The summed E-state index contributed by atoms with van der Waals surface area (Å²) in [4.78, 5) is 22.2. The van der Waals surface area contributed by atoms with Crippen molar-refractivity contribution >= 4 is 17.6 Å². The highest BCUT2D eigenvalue weighted by Crippen LogP contribution is 2.21. The number of carboxylic acids is 1. The number of benzene rings is 1. The van der Waals surface area contributed by atoms with E-state index in [0.717, 1.165) is 0 Å². The van der Waals surface area contributed by atoms with Crippen LogP contribution in [-0.2, 0) is 0 Å². The Balaban J connectivity index is 3.14. The predicted molar refractivity (Wildman–Crippen MR) is 66.0 cm³/mol. The second-order valence-electron chi connectivity index (χ2n) is 4.01. The molecule has 1 aromatic carbocycles. The van der Waals surface area contributed by atoms with Crippen molar-refractivity contribution in [3.63, 3.8) is 0 Å². The number of hydrogen-bond donors (Lipinski definition) is 3. The third-order valence-electron chi connectivity index (χ3n) is 2.54. The molecule has 0 saturated carbocycles. The van der Waals surface area contributed by atoms with Crippen LogP contribution in [0.25, 0.3) is 0 Å². The number of carbonyl (C=O) groups excluding carboxylic acids is 1. The summed E-state index contributed by atoms with van der Waals surface area (Å²) in [5.74, 6) is -1.96. The molecule has 0 aromatic heterocycles. The zero-order valence-electron chi connectivity index (χ0n) is 10.2. The number of anilines is 1. The number of aromatic carboxylic acids is 1. The Kier molecular flexibility index (Phi) is 4.80. The molecule has 104 valence electrons. The van der Waals surface area contributed by atoms with E-state index in [1.54, 1.807) is 0 Å². The first kappa shape index (κ1) is 14.9. The van der Waals surface area contributed by atoms with E-state index in [0.29, 0.717) is 5.56 Å². The summed E-state index contributed by atoms with van der Waals surface area (Å²) >= 11 is 0. The molecule has 1 amide bonds. The van der Waals surface area contributed by atoms with Gasteiger partial charge in [0.05, 0.1) is 11.1 Å². The first-order chi connectivity index (χ1) is 8.86. The number of amides is 1. The molecule has 0 fully saturated rings. The lowest BCUT2D eigenvalue weighted by Gasteiger charge is -2.13. The fraction of sp³-hybridized carbons (Fsp3) is 0.333. The Hall–Kier alpha value is -2.18. The summed E-state index contributed by atoms with van der Waals surface area (Å²) in [6, 6.07) is 2.49. The minimum atomic E-state index is -1.74. The molecule has 0 radical (unpaired) electrons. The summed E-state index contributed by atoms with van der Waals surface area (Å²) in [6.45, 7) is -0.0331. The molecule has 1 unspecified atom stereocenters. The summed E-state index contributed by atoms with van der Waals surface area (Å²) in [6.07, 6.45) is -1.74. The van der Waals surface area contributed by atoms with Crippen LogP contribution in [0.4, 0.5) is 14.5 Å². The molecule has 0 heterocycles. The van der Waals surface area contributed by atoms with Crippen LogP contribution >= 0.6 is 0 Å². The number of primary amides is 1. The van der Waals surface area contributed by atoms with Gasteiger partial charge in [-0.3, -0.25) is 4.79 Å². The molecule has 19 heavy (non-hydrogen) atoms. The predicted octanol–water partition coefficient (Wildman–Crippen LogP) is 1.51. The van der Waals surface area contributed by atoms with Crippen LogP contribution in [0.5, 0.6) is 0 Å². The van der Waals surface area contributed by atoms with Crippen molar-refractivity contribution in [1.82, 2.24) is 0 Å². The van der Waals surface area contributed by atoms with Gasteiger partial charge < -0.3 is 16.2 Å². The maximum atomic E-state index is 12.8. The van der Waals surface area contributed by atoms with Gasteiger partial charge in [0.2, 0.25) is 0 Å². The first-order valence-corrected chi connectivity index (χ1v) is 5.48. The van der Waals surface area contributed by atoms with E-state index < -0.39 is 24.7 Å². The summed E-state index contributed by atoms with van der Waals surface area (Å²) in [5, 5.41) is 11.5. The maximum Gasteiger partial charge on any atom is 0.336 e. The average Bonchev–Trinajstić information content (AvgIpc) is 2.35. The number of halogens is 2. The normalized spacial score (nSPS) is 11.9. The third-order valence-corrected chi connectivity index (χ3v) is 2.54. The van der Waals surface area contributed by atoms with Crippen LogP contribution < -0.4 is 11.1 Å². The number of rotatable bonds is 6. The number of hydrogen-bond acceptors (Lipinski definition) is 3. The fourth-order valence-electron chi connectivity index (χ4n) is 1.56. The summed E-state index contributed by atoms with van der Waals surface area (Å²) < 4.78 is 24.8. The Bertz CT molecular complexity index is 506. The topological polar surface area (TPSA) is 92.4 Å². The molecule has 0 bridgehead atoms. The van der Waals surface area contributed by atoms with Gasteiger partial charge in [0.15, 0.2) is 0 Å². The highest BCUT2D eigenvalue weighted by atomic mass is 19.2. The van der Waals surface area contributed by atoms with Gasteiger partial charge in [-0.1, -0.05) is 0 Å². The number of carboxylic acid groups (broad SMARTS) is 1. The highest BCUT2D eigenvalue weighted by molar-refractivity contribution is 6.01. The molecule has 1 aromatic rings. The van der Waals surface area contributed by atoms with E-state index in [2.05, 4.69) is 5.32 Å². The summed E-state index contributed by atoms with van der Waals surface area (Å²) in [5.41, 5.74) is 5.58. The van der Waals surface area contributed by atoms with Gasteiger partial charge in [0.1, 0.15) is 12.8 Å². The SMILES string of the molecule is Cc1cc(C(N)=O)c(NCC(F)CF)cc1C(=O)O. The fourth-order valence-corrected chi connectivity index (χ4v) is 1.56. The lowest BCUT2D eigenvalue weighted by Crippen LogP contribution is -2.21. The minimum Gasteiger partial charge on any atom is -0.478 e. The monoisotopic (exact) mass is 272 g/mol.